The average molecular weight is 502 g/mol. The molecule has 0 spiro atoms. The molecule has 0 aliphatic carbocycles. The minimum absolute atomic E-state index is 0.194. The number of benzene rings is 3. The number of carboxylic acids is 1. The monoisotopic (exact) mass is 501 g/mol. The molecule has 162 valence electrons. The minimum Gasteiger partial charge on any atom is -0.477 e. The standard InChI is InChI=1S/C24H15BrF3NO3/c25-16-10-11-17-18(12-16)20(14-6-2-1-3-7-14)21(23(31)32)29(22(17)30)13-15-8-4-5-9-19(15)24(26,27)28/h1-12H,13H2,(H,31,32). The topological polar surface area (TPSA) is 59.3 Å². The lowest BCUT2D eigenvalue weighted by Gasteiger charge is -2.19. The highest BCUT2D eigenvalue weighted by Gasteiger charge is 2.33. The molecule has 3 aromatic carbocycles. The van der Waals surface area contributed by atoms with E-state index in [0.29, 0.717) is 15.4 Å². The zero-order valence-electron chi connectivity index (χ0n) is 16.4. The van der Waals surface area contributed by atoms with Crippen LogP contribution in [-0.2, 0) is 12.7 Å². The van der Waals surface area contributed by atoms with Crippen molar-refractivity contribution in [3.63, 3.8) is 0 Å². The van der Waals surface area contributed by atoms with Gasteiger partial charge in [0.05, 0.1) is 12.1 Å². The molecule has 0 saturated carbocycles. The molecule has 0 saturated heterocycles. The summed E-state index contributed by atoms with van der Waals surface area (Å²) in [5.41, 5.74) is -1.37. The van der Waals surface area contributed by atoms with Gasteiger partial charge in [0.2, 0.25) is 0 Å². The summed E-state index contributed by atoms with van der Waals surface area (Å²) < 4.78 is 42.2. The minimum atomic E-state index is -4.65. The van der Waals surface area contributed by atoms with E-state index in [9.17, 15) is 27.9 Å². The maximum atomic E-state index is 13.5. The van der Waals surface area contributed by atoms with Crippen LogP contribution in [0.3, 0.4) is 0 Å². The van der Waals surface area contributed by atoms with Gasteiger partial charge < -0.3 is 5.11 Å². The first-order valence-corrected chi connectivity index (χ1v) is 10.3. The number of alkyl halides is 3. The van der Waals surface area contributed by atoms with Gasteiger partial charge in [0.25, 0.3) is 5.56 Å². The van der Waals surface area contributed by atoms with Crippen molar-refractivity contribution in [2.24, 2.45) is 0 Å². The Bertz CT molecular complexity index is 1400. The maximum Gasteiger partial charge on any atom is 0.416 e. The second-order valence-electron chi connectivity index (χ2n) is 7.13. The number of carboxylic acid groups (broad SMARTS) is 1. The fourth-order valence-corrected chi connectivity index (χ4v) is 4.16. The molecule has 1 aromatic heterocycles. The van der Waals surface area contributed by atoms with Crippen LogP contribution in [0, 0.1) is 0 Å². The van der Waals surface area contributed by atoms with Gasteiger partial charge in [-0.15, -0.1) is 0 Å². The van der Waals surface area contributed by atoms with Crippen LogP contribution in [-0.4, -0.2) is 15.6 Å². The Morgan fingerprint density at radius 2 is 1.59 bits per heavy atom. The van der Waals surface area contributed by atoms with Crippen molar-refractivity contribution in [1.82, 2.24) is 4.57 Å². The van der Waals surface area contributed by atoms with E-state index in [1.807, 2.05) is 0 Å². The van der Waals surface area contributed by atoms with Gasteiger partial charge in [-0.3, -0.25) is 9.36 Å². The maximum absolute atomic E-state index is 13.5. The van der Waals surface area contributed by atoms with E-state index in [0.717, 1.165) is 10.6 Å². The number of hydrogen-bond acceptors (Lipinski definition) is 2. The van der Waals surface area contributed by atoms with Crippen LogP contribution in [0.15, 0.2) is 82.1 Å². The van der Waals surface area contributed by atoms with Gasteiger partial charge in [0.1, 0.15) is 5.69 Å². The van der Waals surface area contributed by atoms with Crippen molar-refractivity contribution in [2.45, 2.75) is 12.7 Å². The van der Waals surface area contributed by atoms with E-state index in [1.165, 1.54) is 24.3 Å². The van der Waals surface area contributed by atoms with Crippen LogP contribution in [0.1, 0.15) is 21.6 Å². The Hall–Kier alpha value is -3.39. The molecule has 4 rings (SSSR count). The fourth-order valence-electron chi connectivity index (χ4n) is 3.79. The van der Waals surface area contributed by atoms with Crippen molar-refractivity contribution < 1.29 is 23.1 Å². The van der Waals surface area contributed by atoms with Crippen molar-refractivity contribution in [3.05, 3.63) is 104 Å². The molecule has 0 fully saturated rings. The summed E-state index contributed by atoms with van der Waals surface area (Å²) in [6.07, 6.45) is -4.65. The van der Waals surface area contributed by atoms with Crippen LogP contribution in [0.5, 0.6) is 0 Å². The van der Waals surface area contributed by atoms with E-state index < -0.39 is 29.8 Å². The van der Waals surface area contributed by atoms with Gasteiger partial charge in [0.15, 0.2) is 0 Å². The number of halogens is 4. The highest BCUT2D eigenvalue weighted by atomic mass is 79.9. The molecule has 0 unspecified atom stereocenters. The van der Waals surface area contributed by atoms with E-state index in [2.05, 4.69) is 15.9 Å². The predicted molar refractivity (Wildman–Crippen MR) is 119 cm³/mol. The molecular weight excluding hydrogens is 487 g/mol. The van der Waals surface area contributed by atoms with Gasteiger partial charge >= 0.3 is 12.1 Å². The molecule has 1 N–H and O–H groups in total. The van der Waals surface area contributed by atoms with Crippen molar-refractivity contribution in [2.75, 3.05) is 0 Å². The number of fused-ring (bicyclic) bond motifs is 1. The van der Waals surface area contributed by atoms with Crippen molar-refractivity contribution >= 4 is 32.7 Å². The molecule has 0 aliphatic heterocycles. The molecule has 0 atom stereocenters. The number of aromatic nitrogens is 1. The number of carbonyl (C=O) groups is 1. The first kappa shape index (κ1) is 21.8. The predicted octanol–water partition coefficient (Wildman–Crippen LogP) is 6.20. The smallest absolute Gasteiger partial charge is 0.416 e. The quantitative estimate of drug-likeness (QED) is 0.362. The summed E-state index contributed by atoms with van der Waals surface area (Å²) in [4.78, 5) is 25.7. The van der Waals surface area contributed by atoms with Crippen LogP contribution in [0.25, 0.3) is 21.9 Å². The third-order valence-electron chi connectivity index (χ3n) is 5.15. The van der Waals surface area contributed by atoms with Crippen LogP contribution in [0.2, 0.25) is 0 Å². The molecule has 0 amide bonds. The lowest BCUT2D eigenvalue weighted by molar-refractivity contribution is -0.138. The number of aromatic carboxylic acids is 1. The lowest BCUT2D eigenvalue weighted by atomic mass is 9.96. The van der Waals surface area contributed by atoms with Gasteiger partial charge in [-0.1, -0.05) is 64.5 Å². The van der Waals surface area contributed by atoms with Gasteiger partial charge in [-0.2, -0.15) is 13.2 Å². The summed E-state index contributed by atoms with van der Waals surface area (Å²) in [7, 11) is 0. The highest BCUT2D eigenvalue weighted by Crippen LogP contribution is 2.35. The molecule has 4 nitrogen and oxygen atoms in total. The molecule has 4 aromatic rings. The second-order valence-corrected chi connectivity index (χ2v) is 8.05. The molecule has 1 heterocycles. The molecular formula is C24H15BrF3NO3. The third-order valence-corrected chi connectivity index (χ3v) is 5.64. The van der Waals surface area contributed by atoms with Gasteiger partial charge in [0, 0.05) is 15.4 Å². The first-order valence-electron chi connectivity index (χ1n) is 9.48. The highest BCUT2D eigenvalue weighted by molar-refractivity contribution is 9.10. The lowest BCUT2D eigenvalue weighted by Crippen LogP contribution is -2.29. The summed E-state index contributed by atoms with van der Waals surface area (Å²) in [6.45, 7) is -0.540. The Morgan fingerprint density at radius 1 is 0.938 bits per heavy atom. The number of rotatable bonds is 4. The van der Waals surface area contributed by atoms with Gasteiger partial charge in [-0.25, -0.2) is 4.79 Å². The SMILES string of the molecule is O=C(O)c1c(-c2ccccc2)c2cc(Br)ccc2c(=O)n1Cc1ccccc1C(F)(F)F. The largest absolute Gasteiger partial charge is 0.477 e. The van der Waals surface area contributed by atoms with Crippen molar-refractivity contribution in [1.29, 1.82) is 0 Å². The second kappa shape index (κ2) is 8.27. The fraction of sp³-hybridized carbons (Fsp3) is 0.0833. The summed E-state index contributed by atoms with van der Waals surface area (Å²) in [5.74, 6) is -1.41. The number of pyridine rings is 1. The normalized spacial score (nSPS) is 11.6. The van der Waals surface area contributed by atoms with E-state index in [4.69, 9.17) is 0 Å². The Morgan fingerprint density at radius 3 is 2.25 bits per heavy atom. The molecule has 32 heavy (non-hydrogen) atoms. The van der Waals surface area contributed by atoms with Gasteiger partial charge in [-0.05, 0) is 40.8 Å². The van der Waals surface area contributed by atoms with E-state index in [1.54, 1.807) is 42.5 Å². The molecule has 8 heteroatoms. The zero-order valence-corrected chi connectivity index (χ0v) is 17.9. The summed E-state index contributed by atoms with van der Waals surface area (Å²) in [5, 5.41) is 10.7. The van der Waals surface area contributed by atoms with Crippen LogP contribution < -0.4 is 5.56 Å². The Balaban J connectivity index is 2.10. The summed E-state index contributed by atoms with van der Waals surface area (Å²) in [6, 6.07) is 18.2. The van der Waals surface area contributed by atoms with Crippen LogP contribution >= 0.6 is 15.9 Å². The van der Waals surface area contributed by atoms with Crippen molar-refractivity contribution in [3.8, 4) is 11.1 Å². The third kappa shape index (κ3) is 3.93. The number of nitrogens with zero attached hydrogens (tertiary/aromatic N) is 1. The van der Waals surface area contributed by atoms with E-state index in [-0.39, 0.29) is 22.2 Å². The number of hydrogen-bond donors (Lipinski definition) is 1. The Labute approximate surface area is 188 Å². The zero-order chi connectivity index (χ0) is 23.0. The summed E-state index contributed by atoms with van der Waals surface area (Å²) >= 11 is 3.35. The Kier molecular flexibility index (Phi) is 5.64. The first-order chi connectivity index (χ1) is 15.2. The van der Waals surface area contributed by atoms with Crippen LogP contribution in [0.4, 0.5) is 13.2 Å². The van der Waals surface area contributed by atoms with E-state index >= 15 is 0 Å². The molecule has 0 bridgehead atoms. The molecule has 0 aliphatic rings. The molecule has 0 radical (unpaired) electrons. The average Bonchev–Trinajstić information content (AvgIpc) is 2.75.